The van der Waals surface area contributed by atoms with E-state index in [-0.39, 0.29) is 12.4 Å². The molecule has 0 fully saturated rings. The van der Waals surface area contributed by atoms with E-state index < -0.39 is 0 Å². The van der Waals surface area contributed by atoms with Crippen molar-refractivity contribution in [1.29, 1.82) is 0 Å². The van der Waals surface area contributed by atoms with Crippen LogP contribution in [0.1, 0.15) is 22.6 Å². The molecular formula is C19H21ClN2O2. The zero-order valence-electron chi connectivity index (χ0n) is 13.6. The lowest BCUT2D eigenvalue weighted by Gasteiger charge is -2.12. The Morgan fingerprint density at radius 3 is 2.50 bits per heavy atom. The molecule has 5 heteroatoms. The fourth-order valence-corrected chi connectivity index (χ4v) is 2.35. The van der Waals surface area contributed by atoms with Crippen molar-refractivity contribution >= 4 is 12.4 Å². The normalized spacial score (nSPS) is 10.2. The van der Waals surface area contributed by atoms with E-state index in [0.717, 1.165) is 34.9 Å². The number of rotatable bonds is 7. The summed E-state index contributed by atoms with van der Waals surface area (Å²) >= 11 is 0. The van der Waals surface area contributed by atoms with E-state index in [0.29, 0.717) is 13.2 Å². The maximum absolute atomic E-state index is 5.96. The van der Waals surface area contributed by atoms with Gasteiger partial charge in [-0.15, -0.1) is 12.4 Å². The van der Waals surface area contributed by atoms with Crippen molar-refractivity contribution in [2.24, 2.45) is 0 Å². The molecule has 126 valence electrons. The standard InChI is InChI=1S/C19H20N2O2.ClH/c1-15-11-18(21-23-15)13-20-12-17-9-5-6-10-19(17)22-14-16-7-3-2-4-8-16;/h2-11,20H,12-14H2,1H3;1H. The monoisotopic (exact) mass is 344 g/mol. The highest BCUT2D eigenvalue weighted by atomic mass is 35.5. The number of halogens is 1. The van der Waals surface area contributed by atoms with Crippen LogP contribution >= 0.6 is 12.4 Å². The highest BCUT2D eigenvalue weighted by Crippen LogP contribution is 2.19. The average Bonchev–Trinajstić information content (AvgIpc) is 3.00. The van der Waals surface area contributed by atoms with Gasteiger partial charge in [-0.05, 0) is 18.6 Å². The maximum Gasteiger partial charge on any atom is 0.133 e. The van der Waals surface area contributed by atoms with Crippen molar-refractivity contribution in [1.82, 2.24) is 10.5 Å². The van der Waals surface area contributed by atoms with Crippen molar-refractivity contribution in [3.63, 3.8) is 0 Å². The zero-order chi connectivity index (χ0) is 15.9. The summed E-state index contributed by atoms with van der Waals surface area (Å²) in [5.74, 6) is 1.73. The second-order valence-corrected chi connectivity index (χ2v) is 5.41. The van der Waals surface area contributed by atoms with Crippen LogP contribution in [0, 0.1) is 6.92 Å². The SMILES string of the molecule is Cc1cc(CNCc2ccccc2OCc2ccccc2)no1.Cl. The van der Waals surface area contributed by atoms with E-state index >= 15 is 0 Å². The van der Waals surface area contributed by atoms with Crippen LogP contribution in [0.25, 0.3) is 0 Å². The van der Waals surface area contributed by atoms with Crippen molar-refractivity contribution in [2.45, 2.75) is 26.6 Å². The molecule has 0 saturated carbocycles. The Bertz CT molecular complexity index is 744. The van der Waals surface area contributed by atoms with E-state index in [4.69, 9.17) is 9.26 Å². The quantitative estimate of drug-likeness (QED) is 0.695. The van der Waals surface area contributed by atoms with Crippen LogP contribution in [0.5, 0.6) is 5.75 Å². The van der Waals surface area contributed by atoms with E-state index in [1.807, 2.05) is 49.4 Å². The molecular weight excluding hydrogens is 324 g/mol. The van der Waals surface area contributed by atoms with Crippen LogP contribution in [-0.2, 0) is 19.7 Å². The number of benzene rings is 2. The molecule has 0 aliphatic rings. The Morgan fingerprint density at radius 1 is 1.00 bits per heavy atom. The molecule has 0 bridgehead atoms. The van der Waals surface area contributed by atoms with Gasteiger partial charge in [-0.1, -0.05) is 53.7 Å². The average molecular weight is 345 g/mol. The molecule has 3 aromatic rings. The van der Waals surface area contributed by atoms with Gasteiger partial charge < -0.3 is 14.6 Å². The van der Waals surface area contributed by atoms with Gasteiger partial charge in [-0.3, -0.25) is 0 Å². The van der Waals surface area contributed by atoms with Gasteiger partial charge in [0.05, 0.1) is 5.69 Å². The summed E-state index contributed by atoms with van der Waals surface area (Å²) in [7, 11) is 0. The van der Waals surface area contributed by atoms with Crippen molar-refractivity contribution in [3.8, 4) is 5.75 Å². The number of aryl methyl sites for hydroxylation is 1. The van der Waals surface area contributed by atoms with Crippen LogP contribution in [0.15, 0.2) is 65.2 Å². The lowest BCUT2D eigenvalue weighted by atomic mass is 10.2. The summed E-state index contributed by atoms with van der Waals surface area (Å²) in [4.78, 5) is 0. The summed E-state index contributed by atoms with van der Waals surface area (Å²) in [6.45, 7) is 3.85. The molecule has 0 aliphatic heterocycles. The Balaban J connectivity index is 0.00000208. The number of hydrogen-bond acceptors (Lipinski definition) is 4. The van der Waals surface area contributed by atoms with Crippen LogP contribution in [0.2, 0.25) is 0 Å². The highest BCUT2D eigenvalue weighted by Gasteiger charge is 2.05. The van der Waals surface area contributed by atoms with Crippen LogP contribution in [0.4, 0.5) is 0 Å². The highest BCUT2D eigenvalue weighted by molar-refractivity contribution is 5.85. The smallest absolute Gasteiger partial charge is 0.133 e. The van der Waals surface area contributed by atoms with Crippen LogP contribution in [0.3, 0.4) is 0 Å². The fraction of sp³-hybridized carbons (Fsp3) is 0.211. The Morgan fingerprint density at radius 2 is 1.75 bits per heavy atom. The molecule has 0 atom stereocenters. The minimum Gasteiger partial charge on any atom is -0.489 e. The van der Waals surface area contributed by atoms with Gasteiger partial charge in [-0.2, -0.15) is 0 Å². The molecule has 24 heavy (non-hydrogen) atoms. The first kappa shape index (κ1) is 18.0. The summed E-state index contributed by atoms with van der Waals surface area (Å²) in [6, 6.07) is 20.2. The van der Waals surface area contributed by atoms with E-state index in [2.05, 4.69) is 28.7 Å². The van der Waals surface area contributed by atoms with Gasteiger partial charge in [0.1, 0.15) is 18.1 Å². The van der Waals surface area contributed by atoms with Gasteiger partial charge >= 0.3 is 0 Å². The minimum atomic E-state index is 0. The lowest BCUT2D eigenvalue weighted by Crippen LogP contribution is -2.13. The third-order valence-corrected chi connectivity index (χ3v) is 3.51. The molecule has 2 aromatic carbocycles. The third kappa shape index (κ3) is 5.11. The summed E-state index contributed by atoms with van der Waals surface area (Å²) in [5.41, 5.74) is 3.20. The number of nitrogens with zero attached hydrogens (tertiary/aromatic N) is 1. The Labute approximate surface area is 148 Å². The molecule has 1 N–H and O–H groups in total. The number of para-hydroxylation sites is 1. The molecule has 1 heterocycles. The molecule has 0 spiro atoms. The van der Waals surface area contributed by atoms with Gasteiger partial charge in [0, 0.05) is 24.7 Å². The molecule has 0 aliphatic carbocycles. The topological polar surface area (TPSA) is 47.3 Å². The number of aromatic nitrogens is 1. The summed E-state index contributed by atoms with van der Waals surface area (Å²) in [6.07, 6.45) is 0. The molecule has 0 unspecified atom stereocenters. The fourth-order valence-electron chi connectivity index (χ4n) is 2.35. The molecule has 3 rings (SSSR count). The van der Waals surface area contributed by atoms with E-state index in [1.165, 1.54) is 0 Å². The van der Waals surface area contributed by atoms with Gasteiger partial charge in [-0.25, -0.2) is 0 Å². The van der Waals surface area contributed by atoms with Crippen molar-refractivity contribution in [3.05, 3.63) is 83.2 Å². The second kappa shape index (κ2) is 9.11. The van der Waals surface area contributed by atoms with Crippen LogP contribution in [-0.4, -0.2) is 5.16 Å². The number of ether oxygens (including phenoxy) is 1. The first-order valence-corrected chi connectivity index (χ1v) is 7.69. The Kier molecular flexibility index (Phi) is 6.85. The van der Waals surface area contributed by atoms with Gasteiger partial charge in [0.25, 0.3) is 0 Å². The number of nitrogens with one attached hydrogen (secondary N) is 1. The molecule has 0 saturated heterocycles. The maximum atomic E-state index is 5.96. The Hall–Kier alpha value is -2.30. The third-order valence-electron chi connectivity index (χ3n) is 3.51. The first-order chi connectivity index (χ1) is 11.3. The zero-order valence-corrected chi connectivity index (χ0v) is 14.4. The predicted octanol–water partition coefficient (Wildman–Crippen LogP) is 4.27. The lowest BCUT2D eigenvalue weighted by molar-refractivity contribution is 0.302. The first-order valence-electron chi connectivity index (χ1n) is 7.69. The van der Waals surface area contributed by atoms with E-state index in [9.17, 15) is 0 Å². The van der Waals surface area contributed by atoms with Crippen LogP contribution < -0.4 is 10.1 Å². The predicted molar refractivity (Wildman–Crippen MR) is 96.2 cm³/mol. The molecule has 4 nitrogen and oxygen atoms in total. The molecule has 1 aromatic heterocycles. The molecule has 0 radical (unpaired) electrons. The second-order valence-electron chi connectivity index (χ2n) is 5.41. The van der Waals surface area contributed by atoms with Gasteiger partial charge in [0.15, 0.2) is 0 Å². The summed E-state index contributed by atoms with van der Waals surface area (Å²) < 4.78 is 11.0. The van der Waals surface area contributed by atoms with Crippen molar-refractivity contribution in [2.75, 3.05) is 0 Å². The largest absolute Gasteiger partial charge is 0.489 e. The van der Waals surface area contributed by atoms with Crippen molar-refractivity contribution < 1.29 is 9.26 Å². The molecule has 0 amide bonds. The van der Waals surface area contributed by atoms with E-state index in [1.54, 1.807) is 0 Å². The van der Waals surface area contributed by atoms with Gasteiger partial charge in [0.2, 0.25) is 0 Å². The number of hydrogen-bond donors (Lipinski definition) is 1. The summed E-state index contributed by atoms with van der Waals surface area (Å²) in [5, 5.41) is 7.34. The minimum absolute atomic E-state index is 0.